The normalized spacial score (nSPS) is 12.3. The molecule has 5 nitrogen and oxygen atoms in total. The maximum atomic E-state index is 11.4. The minimum Gasteiger partial charge on any atom is -0.443 e. The number of rotatable bonds is 3. The van der Waals surface area contributed by atoms with Gasteiger partial charge in [0.2, 0.25) is 0 Å². The first kappa shape index (κ1) is 15.9. The Hall–Kier alpha value is -1.14. The van der Waals surface area contributed by atoms with Gasteiger partial charge < -0.3 is 4.74 Å². The van der Waals surface area contributed by atoms with Crippen LogP contribution in [0.1, 0.15) is 51.4 Å². The molecule has 0 fully saturated rings. The Morgan fingerprint density at radius 1 is 1.32 bits per heavy atom. The molecule has 0 aliphatic carbocycles. The first-order valence-electron chi connectivity index (χ1n) is 6.25. The van der Waals surface area contributed by atoms with Crippen LogP contribution >= 0.6 is 11.3 Å². The Balaban J connectivity index is 2.38. The van der Waals surface area contributed by atoms with Crippen molar-refractivity contribution in [3.63, 3.8) is 0 Å². The zero-order chi connectivity index (χ0) is 14.7. The number of amides is 1. The molecule has 1 aromatic heterocycles. The van der Waals surface area contributed by atoms with E-state index in [0.29, 0.717) is 6.54 Å². The van der Waals surface area contributed by atoms with Crippen LogP contribution in [0.5, 0.6) is 0 Å². The Morgan fingerprint density at radius 3 is 2.42 bits per heavy atom. The minimum absolute atomic E-state index is 0.0571. The molecular formula is C13H23N3O2S. The molecule has 0 aliphatic heterocycles. The number of hydrazine groups is 1. The van der Waals surface area contributed by atoms with E-state index in [4.69, 9.17) is 4.74 Å². The summed E-state index contributed by atoms with van der Waals surface area (Å²) < 4.78 is 5.11. The number of ether oxygens (including phenoxy) is 1. The van der Waals surface area contributed by atoms with E-state index < -0.39 is 11.7 Å². The molecule has 0 aromatic carbocycles. The quantitative estimate of drug-likeness (QED) is 0.838. The van der Waals surface area contributed by atoms with E-state index >= 15 is 0 Å². The maximum Gasteiger partial charge on any atom is 0.422 e. The van der Waals surface area contributed by atoms with E-state index in [1.807, 2.05) is 27.0 Å². The smallest absolute Gasteiger partial charge is 0.422 e. The number of thiazole rings is 1. The first-order chi connectivity index (χ1) is 8.58. The molecule has 1 aromatic rings. The average Bonchev–Trinajstić information content (AvgIpc) is 2.62. The van der Waals surface area contributed by atoms with E-state index in [1.54, 1.807) is 11.3 Å². The molecule has 0 aliphatic rings. The zero-order valence-corrected chi connectivity index (χ0v) is 13.3. The van der Waals surface area contributed by atoms with Crippen molar-refractivity contribution in [3.8, 4) is 0 Å². The zero-order valence-electron chi connectivity index (χ0n) is 12.5. The van der Waals surface area contributed by atoms with Gasteiger partial charge in [0, 0.05) is 16.5 Å². The molecule has 19 heavy (non-hydrogen) atoms. The minimum atomic E-state index is -0.490. The van der Waals surface area contributed by atoms with Gasteiger partial charge in [-0.15, -0.1) is 11.3 Å². The van der Waals surface area contributed by atoms with E-state index in [9.17, 15) is 4.79 Å². The lowest BCUT2D eigenvalue weighted by Gasteiger charge is -2.19. The van der Waals surface area contributed by atoms with Gasteiger partial charge in [-0.2, -0.15) is 0 Å². The lowest BCUT2D eigenvalue weighted by Crippen LogP contribution is -2.40. The highest BCUT2D eigenvalue weighted by Crippen LogP contribution is 2.26. The number of carbonyl (C=O) groups excluding carboxylic acids is 1. The lowest BCUT2D eigenvalue weighted by molar-refractivity contribution is 0.0497. The van der Waals surface area contributed by atoms with Crippen LogP contribution in [0.15, 0.2) is 6.20 Å². The molecule has 1 heterocycles. The van der Waals surface area contributed by atoms with Gasteiger partial charge in [-0.25, -0.2) is 15.2 Å². The summed E-state index contributed by atoms with van der Waals surface area (Å²) in [4.78, 5) is 16.9. The molecule has 0 unspecified atom stereocenters. The molecule has 0 spiro atoms. The fourth-order valence-electron chi connectivity index (χ4n) is 1.24. The van der Waals surface area contributed by atoms with Crippen LogP contribution in [0.4, 0.5) is 4.79 Å². The van der Waals surface area contributed by atoms with Crippen molar-refractivity contribution in [3.05, 3.63) is 16.1 Å². The first-order valence-corrected chi connectivity index (χ1v) is 7.06. The van der Waals surface area contributed by atoms with E-state index in [-0.39, 0.29) is 5.41 Å². The number of aromatic nitrogens is 1. The number of hydrogen-bond donors (Lipinski definition) is 2. The third kappa shape index (κ3) is 6.02. The summed E-state index contributed by atoms with van der Waals surface area (Å²) in [6.45, 7) is 12.4. The van der Waals surface area contributed by atoms with Crippen LogP contribution in [0.25, 0.3) is 0 Å². The van der Waals surface area contributed by atoms with Crippen molar-refractivity contribution in [1.29, 1.82) is 0 Å². The van der Waals surface area contributed by atoms with Gasteiger partial charge in [0.15, 0.2) is 0 Å². The second-order valence-corrected chi connectivity index (χ2v) is 7.48. The third-order valence-corrected chi connectivity index (χ3v) is 3.47. The Bertz CT molecular complexity index is 430. The van der Waals surface area contributed by atoms with Gasteiger partial charge in [-0.05, 0) is 20.8 Å². The fraction of sp³-hybridized carbons (Fsp3) is 0.692. The van der Waals surface area contributed by atoms with Crippen molar-refractivity contribution in [1.82, 2.24) is 15.8 Å². The number of hydrogen-bond acceptors (Lipinski definition) is 5. The van der Waals surface area contributed by atoms with Crippen molar-refractivity contribution >= 4 is 17.4 Å². The molecule has 1 amide bonds. The van der Waals surface area contributed by atoms with Crippen molar-refractivity contribution < 1.29 is 9.53 Å². The standard InChI is InChI=1S/C13H23N3O2S/c1-12(2,3)10-14-7-9(19-10)8-15-16-11(17)18-13(4,5)6/h7,15H,8H2,1-6H3,(H,16,17). The lowest BCUT2D eigenvalue weighted by atomic mass is 9.98. The molecule has 0 bridgehead atoms. The molecule has 0 saturated carbocycles. The molecule has 0 saturated heterocycles. The summed E-state index contributed by atoms with van der Waals surface area (Å²) in [6, 6.07) is 0. The van der Waals surface area contributed by atoms with Gasteiger partial charge in [-0.1, -0.05) is 20.8 Å². The van der Waals surface area contributed by atoms with Crippen molar-refractivity contribution in [2.24, 2.45) is 0 Å². The van der Waals surface area contributed by atoms with Crippen molar-refractivity contribution in [2.75, 3.05) is 0 Å². The highest BCUT2D eigenvalue weighted by molar-refractivity contribution is 7.11. The second kappa shape index (κ2) is 5.88. The van der Waals surface area contributed by atoms with Gasteiger partial charge in [0.1, 0.15) is 5.60 Å². The van der Waals surface area contributed by atoms with Crippen LogP contribution in [0.2, 0.25) is 0 Å². The van der Waals surface area contributed by atoms with Crippen molar-refractivity contribution in [2.45, 2.75) is 59.1 Å². The highest BCUT2D eigenvalue weighted by atomic mass is 32.1. The average molecular weight is 285 g/mol. The van der Waals surface area contributed by atoms with Crippen LogP contribution in [-0.2, 0) is 16.7 Å². The maximum absolute atomic E-state index is 11.4. The summed E-state index contributed by atoms with van der Waals surface area (Å²) in [7, 11) is 0. The SMILES string of the molecule is CC(C)(C)OC(=O)NNCc1cnc(C(C)(C)C)s1. The number of carbonyl (C=O) groups is 1. The predicted octanol–water partition coefficient (Wildman–Crippen LogP) is 2.97. The predicted molar refractivity (Wildman–Crippen MR) is 77.0 cm³/mol. The van der Waals surface area contributed by atoms with Crippen LogP contribution in [0, 0.1) is 0 Å². The molecule has 108 valence electrons. The second-order valence-electron chi connectivity index (χ2n) is 6.36. The van der Waals surface area contributed by atoms with Gasteiger partial charge in [0.05, 0.1) is 11.6 Å². The Labute approximate surface area is 118 Å². The van der Waals surface area contributed by atoms with Gasteiger partial charge >= 0.3 is 6.09 Å². The van der Waals surface area contributed by atoms with Crippen LogP contribution in [0.3, 0.4) is 0 Å². The van der Waals surface area contributed by atoms with E-state index in [1.165, 1.54) is 0 Å². The Kier molecular flexibility index (Phi) is 4.92. The number of nitrogens with one attached hydrogen (secondary N) is 2. The molecule has 1 rings (SSSR count). The molecule has 0 atom stereocenters. The number of nitrogens with zero attached hydrogens (tertiary/aromatic N) is 1. The summed E-state index contributed by atoms with van der Waals surface area (Å²) >= 11 is 1.64. The van der Waals surface area contributed by atoms with Crippen LogP contribution in [-0.4, -0.2) is 16.7 Å². The molecule has 2 N–H and O–H groups in total. The monoisotopic (exact) mass is 285 g/mol. The highest BCUT2D eigenvalue weighted by Gasteiger charge is 2.18. The van der Waals surface area contributed by atoms with Gasteiger partial charge in [-0.3, -0.25) is 5.43 Å². The summed E-state index contributed by atoms with van der Waals surface area (Å²) in [5.74, 6) is 0. The summed E-state index contributed by atoms with van der Waals surface area (Å²) in [5, 5.41) is 1.08. The molecular weight excluding hydrogens is 262 g/mol. The molecule has 6 heteroatoms. The van der Waals surface area contributed by atoms with E-state index in [2.05, 4.69) is 36.6 Å². The summed E-state index contributed by atoms with van der Waals surface area (Å²) in [5.41, 5.74) is 4.90. The summed E-state index contributed by atoms with van der Waals surface area (Å²) in [6.07, 6.45) is 1.35. The third-order valence-electron chi connectivity index (χ3n) is 2.05. The fourth-order valence-corrected chi connectivity index (χ4v) is 2.15. The van der Waals surface area contributed by atoms with Crippen LogP contribution < -0.4 is 10.9 Å². The van der Waals surface area contributed by atoms with E-state index in [0.717, 1.165) is 9.88 Å². The van der Waals surface area contributed by atoms with Gasteiger partial charge in [0.25, 0.3) is 0 Å². The largest absolute Gasteiger partial charge is 0.443 e. The molecule has 0 radical (unpaired) electrons. The topological polar surface area (TPSA) is 63.2 Å². The Morgan fingerprint density at radius 2 is 1.95 bits per heavy atom.